The third-order valence-corrected chi connectivity index (χ3v) is 6.44. The summed E-state index contributed by atoms with van der Waals surface area (Å²) in [6.45, 7) is 7.95. The molecule has 2 heterocycles. The Morgan fingerprint density at radius 3 is 2.47 bits per heavy atom. The standard InChI is InChI=1S/C28H29N3O4S/c1-4-7-11-24-30-26(36-21-10-8-16-29-17-21)25(28(34)35)31(24)18-19-12-14-20(15-13-19)22(6-3)23(9-5-2)27(32)33/h5-6,8-10,12-17H,3-4,7,11,18H2,1-2H3,(H,32,33)(H,34,35)/b9-5-,23-22-. The van der Waals surface area contributed by atoms with Crippen LogP contribution in [0.15, 0.2) is 89.1 Å². The second-order valence-corrected chi connectivity index (χ2v) is 9.06. The number of allylic oxidation sites excluding steroid dienone is 3. The molecule has 0 fully saturated rings. The number of hydrogen-bond acceptors (Lipinski definition) is 5. The lowest BCUT2D eigenvalue weighted by Gasteiger charge is -2.12. The Morgan fingerprint density at radius 1 is 1.17 bits per heavy atom. The van der Waals surface area contributed by atoms with E-state index in [2.05, 4.69) is 18.5 Å². The zero-order valence-electron chi connectivity index (χ0n) is 20.3. The lowest BCUT2D eigenvalue weighted by atomic mass is 9.98. The SMILES string of the molecule is C=C/C(=C(\C=C/C)C(=O)O)c1ccc(Cn2c(CCCC)nc(Sc3cccnc3)c2C(=O)O)cc1. The van der Waals surface area contributed by atoms with Crippen molar-refractivity contribution in [2.45, 2.75) is 49.6 Å². The van der Waals surface area contributed by atoms with Crippen molar-refractivity contribution < 1.29 is 19.8 Å². The number of carboxylic acids is 2. The van der Waals surface area contributed by atoms with E-state index in [-0.39, 0.29) is 11.3 Å². The molecule has 1 aromatic carbocycles. The van der Waals surface area contributed by atoms with E-state index < -0.39 is 11.9 Å². The average molecular weight is 504 g/mol. The largest absolute Gasteiger partial charge is 0.478 e. The van der Waals surface area contributed by atoms with Gasteiger partial charge in [-0.2, -0.15) is 0 Å². The van der Waals surface area contributed by atoms with Gasteiger partial charge >= 0.3 is 11.9 Å². The lowest BCUT2D eigenvalue weighted by Crippen LogP contribution is -2.13. The maximum Gasteiger partial charge on any atom is 0.355 e. The highest BCUT2D eigenvalue weighted by atomic mass is 32.2. The number of aliphatic carboxylic acids is 1. The summed E-state index contributed by atoms with van der Waals surface area (Å²) in [6.07, 6.45) is 10.6. The van der Waals surface area contributed by atoms with Gasteiger partial charge < -0.3 is 14.8 Å². The van der Waals surface area contributed by atoms with Crippen LogP contribution in [0.3, 0.4) is 0 Å². The molecule has 0 amide bonds. The first-order valence-corrected chi connectivity index (χ1v) is 12.4. The molecule has 2 N–H and O–H groups in total. The zero-order chi connectivity index (χ0) is 26.1. The number of nitrogens with zero attached hydrogens (tertiary/aromatic N) is 3. The highest BCUT2D eigenvalue weighted by Crippen LogP contribution is 2.31. The smallest absolute Gasteiger partial charge is 0.355 e. The van der Waals surface area contributed by atoms with E-state index in [1.54, 1.807) is 42.1 Å². The van der Waals surface area contributed by atoms with Crippen molar-refractivity contribution in [2.24, 2.45) is 0 Å². The van der Waals surface area contributed by atoms with Crippen LogP contribution in [0.25, 0.3) is 5.57 Å². The molecule has 0 unspecified atom stereocenters. The summed E-state index contributed by atoms with van der Waals surface area (Å²) in [5.41, 5.74) is 2.40. The molecular weight excluding hydrogens is 474 g/mol. The van der Waals surface area contributed by atoms with Crippen LogP contribution in [0.2, 0.25) is 0 Å². The minimum Gasteiger partial charge on any atom is -0.478 e. The van der Waals surface area contributed by atoms with Crippen LogP contribution in [0, 0.1) is 0 Å². The number of aromatic nitrogens is 3. The van der Waals surface area contributed by atoms with Gasteiger partial charge in [0.15, 0.2) is 5.69 Å². The Balaban J connectivity index is 2.01. The number of aryl methyl sites for hydroxylation is 1. The number of hydrogen-bond donors (Lipinski definition) is 2. The summed E-state index contributed by atoms with van der Waals surface area (Å²) in [4.78, 5) is 33.7. The monoisotopic (exact) mass is 503 g/mol. The number of carbonyl (C=O) groups is 2. The van der Waals surface area contributed by atoms with Gasteiger partial charge in [-0.25, -0.2) is 14.6 Å². The van der Waals surface area contributed by atoms with Crippen LogP contribution in [0.5, 0.6) is 0 Å². The van der Waals surface area contributed by atoms with Gasteiger partial charge in [-0.15, -0.1) is 0 Å². The minimum absolute atomic E-state index is 0.145. The summed E-state index contributed by atoms with van der Waals surface area (Å²) >= 11 is 1.29. The van der Waals surface area contributed by atoms with Gasteiger partial charge in [-0.3, -0.25) is 4.98 Å². The van der Waals surface area contributed by atoms with E-state index >= 15 is 0 Å². The fourth-order valence-electron chi connectivity index (χ4n) is 3.77. The third-order valence-electron chi connectivity index (χ3n) is 5.48. The van der Waals surface area contributed by atoms with Crippen LogP contribution in [-0.2, 0) is 17.8 Å². The maximum atomic E-state index is 12.3. The molecule has 3 rings (SSSR count). The average Bonchev–Trinajstić information content (AvgIpc) is 3.20. The molecule has 36 heavy (non-hydrogen) atoms. The van der Waals surface area contributed by atoms with Crippen molar-refractivity contribution in [2.75, 3.05) is 0 Å². The summed E-state index contributed by atoms with van der Waals surface area (Å²) in [5, 5.41) is 20.1. The van der Waals surface area contributed by atoms with Gasteiger partial charge in [0.05, 0.1) is 5.57 Å². The van der Waals surface area contributed by atoms with Crippen LogP contribution < -0.4 is 0 Å². The Morgan fingerprint density at radius 2 is 1.92 bits per heavy atom. The normalized spacial score (nSPS) is 11.9. The number of carboxylic acid groups (broad SMARTS) is 2. The van der Waals surface area contributed by atoms with E-state index in [0.29, 0.717) is 29.1 Å². The quantitative estimate of drug-likeness (QED) is 0.227. The van der Waals surface area contributed by atoms with Crippen LogP contribution in [0.4, 0.5) is 0 Å². The molecule has 8 heteroatoms. The zero-order valence-corrected chi connectivity index (χ0v) is 21.2. The van der Waals surface area contributed by atoms with Gasteiger partial charge in [0.1, 0.15) is 10.9 Å². The topological polar surface area (TPSA) is 105 Å². The lowest BCUT2D eigenvalue weighted by molar-refractivity contribution is -0.132. The van der Waals surface area contributed by atoms with Crippen molar-refractivity contribution in [3.8, 4) is 0 Å². The number of benzene rings is 1. The van der Waals surface area contributed by atoms with Crippen molar-refractivity contribution in [3.05, 3.63) is 102 Å². The number of aromatic carboxylic acids is 1. The molecule has 2 aromatic heterocycles. The van der Waals surface area contributed by atoms with Crippen molar-refractivity contribution >= 4 is 29.3 Å². The molecule has 0 spiro atoms. The minimum atomic E-state index is -1.04. The van der Waals surface area contributed by atoms with Gasteiger partial charge in [-0.1, -0.05) is 74.2 Å². The second-order valence-electron chi connectivity index (χ2n) is 8.00. The predicted molar refractivity (Wildman–Crippen MR) is 141 cm³/mol. The molecule has 186 valence electrons. The fraction of sp³-hybridized carbons (Fsp3) is 0.214. The van der Waals surface area contributed by atoms with Crippen molar-refractivity contribution in [3.63, 3.8) is 0 Å². The summed E-state index contributed by atoms with van der Waals surface area (Å²) in [6, 6.07) is 11.1. The van der Waals surface area contributed by atoms with Gasteiger partial charge in [0.25, 0.3) is 0 Å². The fourth-order valence-corrected chi connectivity index (χ4v) is 4.70. The number of imidazole rings is 1. The molecule has 0 atom stereocenters. The summed E-state index contributed by atoms with van der Waals surface area (Å²) in [5.74, 6) is -1.35. The summed E-state index contributed by atoms with van der Waals surface area (Å²) < 4.78 is 1.76. The molecule has 0 saturated heterocycles. The first kappa shape index (κ1) is 26.7. The molecule has 7 nitrogen and oxygen atoms in total. The van der Waals surface area contributed by atoms with Gasteiger partial charge in [0, 0.05) is 30.3 Å². The predicted octanol–water partition coefficient (Wildman–Crippen LogP) is 6.12. The second kappa shape index (κ2) is 12.7. The Bertz CT molecular complexity index is 1290. The Labute approximate surface area is 214 Å². The molecule has 0 aliphatic rings. The maximum absolute atomic E-state index is 12.3. The number of rotatable bonds is 12. The van der Waals surface area contributed by atoms with Crippen molar-refractivity contribution in [1.29, 1.82) is 0 Å². The molecule has 3 aromatic rings. The van der Waals surface area contributed by atoms with Gasteiger partial charge in [-0.05, 0) is 42.2 Å². The molecule has 0 aliphatic heterocycles. The molecule has 0 bridgehead atoms. The van der Waals surface area contributed by atoms with E-state index in [0.717, 1.165) is 29.1 Å². The van der Waals surface area contributed by atoms with E-state index in [1.165, 1.54) is 17.8 Å². The van der Waals surface area contributed by atoms with Crippen LogP contribution in [0.1, 0.15) is 54.1 Å². The van der Waals surface area contributed by atoms with Crippen LogP contribution >= 0.6 is 11.8 Å². The Kier molecular flexibility index (Phi) is 9.41. The highest BCUT2D eigenvalue weighted by Gasteiger charge is 2.23. The first-order chi connectivity index (χ1) is 17.4. The Hall–Kier alpha value is -3.91. The first-order valence-electron chi connectivity index (χ1n) is 11.6. The number of unbranched alkanes of at least 4 members (excludes halogenated alkanes) is 1. The molecular formula is C28H29N3O4S. The molecule has 0 radical (unpaired) electrons. The van der Waals surface area contributed by atoms with Gasteiger partial charge in [0.2, 0.25) is 0 Å². The van der Waals surface area contributed by atoms with E-state index in [1.807, 2.05) is 30.3 Å². The van der Waals surface area contributed by atoms with E-state index in [4.69, 9.17) is 4.98 Å². The van der Waals surface area contributed by atoms with Crippen LogP contribution in [-0.4, -0.2) is 36.7 Å². The highest BCUT2D eigenvalue weighted by molar-refractivity contribution is 7.99. The van der Waals surface area contributed by atoms with E-state index in [9.17, 15) is 19.8 Å². The van der Waals surface area contributed by atoms with Crippen molar-refractivity contribution in [1.82, 2.24) is 14.5 Å². The third kappa shape index (κ3) is 6.40. The molecule has 0 aliphatic carbocycles. The molecule has 0 saturated carbocycles. The number of pyridine rings is 1. The summed E-state index contributed by atoms with van der Waals surface area (Å²) in [7, 11) is 0.